The van der Waals surface area contributed by atoms with Crippen molar-refractivity contribution >= 4 is 17.5 Å². The standard InChI is InChI=1S/C17H12ClFN4O2/c18-14-6-12(19)3-4-13(14)17(24)23-8-11(9-23)16-21-15(22-25-16)10-2-1-5-20-7-10/h1-7,11H,8-9H2. The van der Waals surface area contributed by atoms with Gasteiger partial charge in [0.15, 0.2) is 0 Å². The van der Waals surface area contributed by atoms with E-state index in [4.69, 9.17) is 16.1 Å². The average Bonchev–Trinajstić information content (AvgIpc) is 3.04. The summed E-state index contributed by atoms with van der Waals surface area (Å²) in [5.74, 6) is 0.203. The van der Waals surface area contributed by atoms with Crippen LogP contribution in [0.2, 0.25) is 5.02 Å². The molecule has 0 radical (unpaired) electrons. The van der Waals surface area contributed by atoms with Gasteiger partial charge < -0.3 is 9.42 Å². The van der Waals surface area contributed by atoms with Crippen LogP contribution in [0, 0.1) is 5.82 Å². The molecule has 1 saturated heterocycles. The summed E-state index contributed by atoms with van der Waals surface area (Å²) in [4.78, 5) is 22.4. The molecule has 4 rings (SSSR count). The summed E-state index contributed by atoms with van der Waals surface area (Å²) >= 11 is 5.94. The van der Waals surface area contributed by atoms with Crippen LogP contribution < -0.4 is 0 Å². The van der Waals surface area contributed by atoms with Gasteiger partial charge in [0.1, 0.15) is 5.82 Å². The predicted octanol–water partition coefficient (Wildman–Crippen LogP) is 3.16. The molecule has 1 aromatic carbocycles. The zero-order valence-electron chi connectivity index (χ0n) is 12.9. The third-order valence-electron chi connectivity index (χ3n) is 4.04. The first-order chi connectivity index (χ1) is 12.1. The Balaban J connectivity index is 1.44. The van der Waals surface area contributed by atoms with E-state index in [1.54, 1.807) is 23.4 Å². The van der Waals surface area contributed by atoms with Gasteiger partial charge in [-0.3, -0.25) is 9.78 Å². The van der Waals surface area contributed by atoms with Gasteiger partial charge in [-0.2, -0.15) is 4.98 Å². The van der Waals surface area contributed by atoms with Gasteiger partial charge in [0.05, 0.1) is 16.5 Å². The Hall–Kier alpha value is -2.80. The summed E-state index contributed by atoms with van der Waals surface area (Å²) in [6.45, 7) is 0.891. The van der Waals surface area contributed by atoms with Crippen molar-refractivity contribution in [1.82, 2.24) is 20.0 Å². The fourth-order valence-corrected chi connectivity index (χ4v) is 2.90. The first-order valence-electron chi connectivity index (χ1n) is 7.60. The minimum atomic E-state index is -0.475. The maximum absolute atomic E-state index is 13.1. The first kappa shape index (κ1) is 15.7. The number of aromatic nitrogens is 3. The number of rotatable bonds is 3. The topological polar surface area (TPSA) is 72.1 Å². The van der Waals surface area contributed by atoms with Crippen LogP contribution in [0.3, 0.4) is 0 Å². The number of halogens is 2. The highest BCUT2D eigenvalue weighted by Gasteiger charge is 2.36. The molecule has 6 nitrogen and oxygen atoms in total. The monoisotopic (exact) mass is 358 g/mol. The molecule has 0 atom stereocenters. The summed E-state index contributed by atoms with van der Waals surface area (Å²) < 4.78 is 18.4. The number of hydrogen-bond acceptors (Lipinski definition) is 5. The van der Waals surface area contributed by atoms with Gasteiger partial charge in [0.2, 0.25) is 11.7 Å². The zero-order chi connectivity index (χ0) is 17.4. The molecule has 1 aliphatic rings. The molecule has 3 aromatic rings. The van der Waals surface area contributed by atoms with Crippen molar-refractivity contribution in [3.63, 3.8) is 0 Å². The molecular formula is C17H12ClFN4O2. The van der Waals surface area contributed by atoms with E-state index < -0.39 is 5.82 Å². The third kappa shape index (κ3) is 2.98. The Morgan fingerprint density at radius 3 is 2.88 bits per heavy atom. The number of nitrogens with zero attached hydrogens (tertiary/aromatic N) is 4. The van der Waals surface area contributed by atoms with Gasteiger partial charge in [-0.25, -0.2) is 4.39 Å². The highest BCUT2D eigenvalue weighted by atomic mass is 35.5. The molecule has 1 fully saturated rings. The maximum atomic E-state index is 13.1. The van der Waals surface area contributed by atoms with Crippen LogP contribution in [-0.4, -0.2) is 39.0 Å². The summed E-state index contributed by atoms with van der Waals surface area (Å²) in [6.07, 6.45) is 3.32. The Kier molecular flexibility index (Phi) is 3.93. The third-order valence-corrected chi connectivity index (χ3v) is 4.35. The van der Waals surface area contributed by atoms with E-state index in [1.807, 2.05) is 6.07 Å². The molecule has 0 aliphatic carbocycles. The Morgan fingerprint density at radius 1 is 1.32 bits per heavy atom. The van der Waals surface area contributed by atoms with Crippen molar-refractivity contribution < 1.29 is 13.7 Å². The van der Waals surface area contributed by atoms with E-state index in [0.717, 1.165) is 11.6 Å². The number of carbonyl (C=O) groups is 1. The maximum Gasteiger partial charge on any atom is 0.255 e. The molecule has 0 saturated carbocycles. The second kappa shape index (κ2) is 6.25. The second-order valence-corrected chi connectivity index (χ2v) is 6.14. The lowest BCUT2D eigenvalue weighted by Crippen LogP contribution is -2.48. The van der Waals surface area contributed by atoms with E-state index in [-0.39, 0.29) is 22.4 Å². The van der Waals surface area contributed by atoms with Crippen LogP contribution in [0.4, 0.5) is 4.39 Å². The van der Waals surface area contributed by atoms with E-state index in [0.29, 0.717) is 24.8 Å². The summed E-state index contributed by atoms with van der Waals surface area (Å²) in [6, 6.07) is 7.37. The Morgan fingerprint density at radius 2 is 2.16 bits per heavy atom. The Labute approximate surface area is 147 Å². The van der Waals surface area contributed by atoms with Crippen LogP contribution in [-0.2, 0) is 0 Å². The van der Waals surface area contributed by atoms with Crippen LogP contribution in [0.5, 0.6) is 0 Å². The minimum absolute atomic E-state index is 0.0268. The van der Waals surface area contributed by atoms with Gasteiger partial charge >= 0.3 is 0 Å². The lowest BCUT2D eigenvalue weighted by molar-refractivity contribution is 0.0569. The molecule has 25 heavy (non-hydrogen) atoms. The van der Waals surface area contributed by atoms with Gasteiger partial charge in [-0.1, -0.05) is 16.8 Å². The van der Waals surface area contributed by atoms with E-state index in [9.17, 15) is 9.18 Å². The molecular weight excluding hydrogens is 347 g/mol. The minimum Gasteiger partial charge on any atom is -0.339 e. The lowest BCUT2D eigenvalue weighted by atomic mass is 9.98. The van der Waals surface area contributed by atoms with Crippen LogP contribution in [0.25, 0.3) is 11.4 Å². The van der Waals surface area contributed by atoms with E-state index >= 15 is 0 Å². The van der Waals surface area contributed by atoms with Crippen LogP contribution in [0.1, 0.15) is 22.2 Å². The van der Waals surface area contributed by atoms with Crippen molar-refractivity contribution in [3.8, 4) is 11.4 Å². The predicted molar refractivity (Wildman–Crippen MR) is 87.6 cm³/mol. The normalized spacial score (nSPS) is 14.4. The van der Waals surface area contributed by atoms with Gasteiger partial charge in [-0.15, -0.1) is 0 Å². The Bertz CT molecular complexity index is 925. The number of carbonyl (C=O) groups excluding carboxylic acids is 1. The molecule has 8 heteroatoms. The van der Waals surface area contributed by atoms with Gasteiger partial charge in [0, 0.05) is 31.0 Å². The number of hydrogen-bond donors (Lipinski definition) is 0. The lowest BCUT2D eigenvalue weighted by Gasteiger charge is -2.37. The zero-order valence-corrected chi connectivity index (χ0v) is 13.7. The van der Waals surface area contributed by atoms with Crippen molar-refractivity contribution in [2.24, 2.45) is 0 Å². The smallest absolute Gasteiger partial charge is 0.255 e. The molecule has 2 aromatic heterocycles. The molecule has 0 spiro atoms. The van der Waals surface area contributed by atoms with E-state index in [1.165, 1.54) is 12.1 Å². The molecule has 0 unspecified atom stereocenters. The number of benzene rings is 1. The van der Waals surface area contributed by atoms with Crippen molar-refractivity contribution in [2.75, 3.05) is 13.1 Å². The second-order valence-electron chi connectivity index (χ2n) is 5.73. The SMILES string of the molecule is O=C(c1ccc(F)cc1Cl)N1CC(c2nc(-c3cccnc3)no2)C1. The van der Waals surface area contributed by atoms with Crippen molar-refractivity contribution in [2.45, 2.75) is 5.92 Å². The molecule has 0 N–H and O–H groups in total. The summed E-state index contributed by atoms with van der Waals surface area (Å²) in [7, 11) is 0. The largest absolute Gasteiger partial charge is 0.339 e. The molecule has 3 heterocycles. The molecule has 0 bridgehead atoms. The fourth-order valence-electron chi connectivity index (χ4n) is 2.65. The number of likely N-dealkylation sites (tertiary alicyclic amines) is 1. The number of pyridine rings is 1. The van der Waals surface area contributed by atoms with Crippen molar-refractivity contribution in [3.05, 3.63) is 65.0 Å². The van der Waals surface area contributed by atoms with E-state index in [2.05, 4.69) is 15.1 Å². The van der Waals surface area contributed by atoms with Gasteiger partial charge in [0.25, 0.3) is 5.91 Å². The fraction of sp³-hybridized carbons (Fsp3) is 0.176. The van der Waals surface area contributed by atoms with Crippen LogP contribution in [0.15, 0.2) is 47.2 Å². The summed E-state index contributed by atoms with van der Waals surface area (Å²) in [5, 5.41) is 4.05. The molecule has 1 amide bonds. The van der Waals surface area contributed by atoms with Crippen molar-refractivity contribution in [1.29, 1.82) is 0 Å². The molecule has 126 valence electrons. The molecule has 1 aliphatic heterocycles. The quantitative estimate of drug-likeness (QED) is 0.719. The van der Waals surface area contributed by atoms with Crippen LogP contribution >= 0.6 is 11.6 Å². The average molecular weight is 359 g/mol. The highest BCUT2D eigenvalue weighted by Crippen LogP contribution is 2.30. The number of amides is 1. The first-order valence-corrected chi connectivity index (χ1v) is 7.98. The summed E-state index contributed by atoms with van der Waals surface area (Å²) in [5.41, 5.74) is 1.05. The van der Waals surface area contributed by atoms with Gasteiger partial charge in [-0.05, 0) is 30.3 Å². The highest BCUT2D eigenvalue weighted by molar-refractivity contribution is 6.33.